The van der Waals surface area contributed by atoms with Crippen LogP contribution >= 0.6 is 11.6 Å². The van der Waals surface area contributed by atoms with E-state index in [-0.39, 0.29) is 23.0 Å². The molecule has 2 rings (SSSR count). The van der Waals surface area contributed by atoms with E-state index in [1.807, 2.05) is 0 Å². The van der Waals surface area contributed by atoms with Crippen molar-refractivity contribution in [2.75, 3.05) is 11.9 Å². The van der Waals surface area contributed by atoms with Crippen LogP contribution in [0.25, 0.3) is 0 Å². The zero-order valence-corrected chi connectivity index (χ0v) is 11.6. The van der Waals surface area contributed by atoms with Gasteiger partial charge in [-0.15, -0.1) is 0 Å². The molecule has 1 aromatic rings. The van der Waals surface area contributed by atoms with Crippen LogP contribution in [-0.4, -0.2) is 30.4 Å². The van der Waals surface area contributed by atoms with Crippen molar-refractivity contribution < 1.29 is 23.5 Å². The molecule has 1 atom stereocenters. The standard InChI is InChI=1S/C13H12ClFN2O4/c14-7-1-2-8(15)10(5-7)17-12(19)6-21-13(20)9-3-4-11(18)16-9/h1-2,5,9H,3-4,6H2,(H,16,18)(H,17,19)/t9-/m0/s1. The molecule has 21 heavy (non-hydrogen) atoms. The van der Waals surface area contributed by atoms with E-state index in [1.165, 1.54) is 12.1 Å². The average Bonchev–Trinajstić information content (AvgIpc) is 2.87. The molecular weight excluding hydrogens is 303 g/mol. The smallest absolute Gasteiger partial charge is 0.329 e. The Kier molecular flexibility index (Phi) is 4.74. The number of benzene rings is 1. The Balaban J connectivity index is 1.83. The summed E-state index contributed by atoms with van der Waals surface area (Å²) in [4.78, 5) is 34.1. The summed E-state index contributed by atoms with van der Waals surface area (Å²) in [6.07, 6.45) is 0.585. The molecule has 0 spiro atoms. The minimum Gasteiger partial charge on any atom is -0.454 e. The van der Waals surface area contributed by atoms with Gasteiger partial charge in [-0.2, -0.15) is 0 Å². The Labute approximate surface area is 124 Å². The second kappa shape index (κ2) is 6.53. The molecule has 112 valence electrons. The molecule has 0 saturated carbocycles. The van der Waals surface area contributed by atoms with E-state index < -0.39 is 30.3 Å². The Morgan fingerprint density at radius 2 is 2.24 bits per heavy atom. The topological polar surface area (TPSA) is 84.5 Å². The van der Waals surface area contributed by atoms with E-state index in [0.29, 0.717) is 6.42 Å². The Morgan fingerprint density at radius 3 is 2.90 bits per heavy atom. The normalized spacial score (nSPS) is 17.2. The molecule has 2 amide bonds. The van der Waals surface area contributed by atoms with Crippen molar-refractivity contribution >= 4 is 35.1 Å². The third kappa shape index (κ3) is 4.16. The lowest BCUT2D eigenvalue weighted by Crippen LogP contribution is -2.36. The highest BCUT2D eigenvalue weighted by Crippen LogP contribution is 2.19. The fourth-order valence-electron chi connectivity index (χ4n) is 1.81. The predicted molar refractivity (Wildman–Crippen MR) is 72.2 cm³/mol. The number of halogens is 2. The molecule has 0 aromatic heterocycles. The van der Waals surface area contributed by atoms with E-state index in [2.05, 4.69) is 10.6 Å². The maximum Gasteiger partial charge on any atom is 0.329 e. The van der Waals surface area contributed by atoms with Crippen molar-refractivity contribution in [3.05, 3.63) is 29.0 Å². The second-order valence-electron chi connectivity index (χ2n) is 4.44. The molecule has 1 fully saturated rings. The van der Waals surface area contributed by atoms with Gasteiger partial charge in [0, 0.05) is 11.4 Å². The highest BCUT2D eigenvalue weighted by Gasteiger charge is 2.28. The van der Waals surface area contributed by atoms with E-state index in [1.54, 1.807) is 0 Å². The highest BCUT2D eigenvalue weighted by molar-refractivity contribution is 6.30. The minimum absolute atomic E-state index is 0.0993. The molecule has 0 aliphatic carbocycles. The van der Waals surface area contributed by atoms with Gasteiger partial charge in [0.2, 0.25) is 5.91 Å². The van der Waals surface area contributed by atoms with E-state index in [4.69, 9.17) is 16.3 Å². The average molecular weight is 315 g/mol. The summed E-state index contributed by atoms with van der Waals surface area (Å²) in [6, 6.07) is 2.97. The number of rotatable bonds is 4. The molecule has 1 heterocycles. The summed E-state index contributed by atoms with van der Waals surface area (Å²) in [5.74, 6) is -2.28. The van der Waals surface area contributed by atoms with Crippen LogP contribution in [0.2, 0.25) is 5.02 Å². The van der Waals surface area contributed by atoms with Gasteiger partial charge in [0.15, 0.2) is 6.61 Å². The van der Waals surface area contributed by atoms with Crippen molar-refractivity contribution in [2.45, 2.75) is 18.9 Å². The van der Waals surface area contributed by atoms with Gasteiger partial charge in [-0.25, -0.2) is 9.18 Å². The van der Waals surface area contributed by atoms with Crippen LogP contribution < -0.4 is 10.6 Å². The van der Waals surface area contributed by atoms with Crippen LogP contribution in [0.3, 0.4) is 0 Å². The number of amides is 2. The number of hydrogen-bond acceptors (Lipinski definition) is 4. The first-order chi connectivity index (χ1) is 9.95. The first kappa shape index (κ1) is 15.2. The minimum atomic E-state index is -0.729. The fourth-order valence-corrected chi connectivity index (χ4v) is 1.98. The van der Waals surface area contributed by atoms with Crippen molar-refractivity contribution in [3.63, 3.8) is 0 Å². The number of esters is 1. The number of carbonyl (C=O) groups excluding carboxylic acids is 3. The number of carbonyl (C=O) groups is 3. The first-order valence-corrected chi connectivity index (χ1v) is 6.54. The molecule has 1 aliphatic rings. The van der Waals surface area contributed by atoms with Crippen LogP contribution in [0.15, 0.2) is 18.2 Å². The summed E-state index contributed by atoms with van der Waals surface area (Å²) >= 11 is 5.68. The largest absolute Gasteiger partial charge is 0.454 e. The van der Waals surface area contributed by atoms with Gasteiger partial charge >= 0.3 is 5.97 Å². The highest BCUT2D eigenvalue weighted by atomic mass is 35.5. The maximum absolute atomic E-state index is 13.4. The van der Waals surface area contributed by atoms with Crippen LogP contribution in [0.4, 0.5) is 10.1 Å². The van der Waals surface area contributed by atoms with Gasteiger partial charge in [-0.05, 0) is 24.6 Å². The van der Waals surface area contributed by atoms with Gasteiger partial charge in [0.1, 0.15) is 11.9 Å². The van der Waals surface area contributed by atoms with Crippen LogP contribution in [0.1, 0.15) is 12.8 Å². The lowest BCUT2D eigenvalue weighted by atomic mass is 10.2. The van der Waals surface area contributed by atoms with Crippen molar-refractivity contribution in [3.8, 4) is 0 Å². The molecule has 1 aliphatic heterocycles. The third-order valence-electron chi connectivity index (χ3n) is 2.83. The molecule has 1 saturated heterocycles. The number of ether oxygens (including phenoxy) is 1. The van der Waals surface area contributed by atoms with E-state index in [0.717, 1.165) is 6.07 Å². The van der Waals surface area contributed by atoms with Gasteiger partial charge < -0.3 is 15.4 Å². The molecular formula is C13H12ClFN2O4. The van der Waals surface area contributed by atoms with Crippen LogP contribution in [0, 0.1) is 5.82 Å². The molecule has 0 bridgehead atoms. The van der Waals surface area contributed by atoms with Crippen LogP contribution in [0.5, 0.6) is 0 Å². The lowest BCUT2D eigenvalue weighted by Gasteiger charge is -2.10. The number of anilines is 1. The number of nitrogens with one attached hydrogen (secondary N) is 2. The summed E-state index contributed by atoms with van der Waals surface area (Å²) in [5.41, 5.74) is -0.0993. The molecule has 2 N–H and O–H groups in total. The fraction of sp³-hybridized carbons (Fsp3) is 0.308. The van der Waals surface area contributed by atoms with Crippen LogP contribution in [-0.2, 0) is 19.1 Å². The Bertz CT molecular complexity index is 594. The van der Waals surface area contributed by atoms with Gasteiger partial charge in [0.25, 0.3) is 5.91 Å². The summed E-state index contributed by atoms with van der Waals surface area (Å²) in [5, 5.41) is 4.93. The number of hydrogen-bond donors (Lipinski definition) is 2. The predicted octanol–water partition coefficient (Wildman–Crippen LogP) is 1.24. The van der Waals surface area contributed by atoms with Gasteiger partial charge in [-0.3, -0.25) is 9.59 Å². The monoisotopic (exact) mass is 314 g/mol. The third-order valence-corrected chi connectivity index (χ3v) is 3.06. The van der Waals surface area contributed by atoms with E-state index in [9.17, 15) is 18.8 Å². The molecule has 0 unspecified atom stereocenters. The van der Waals surface area contributed by atoms with E-state index >= 15 is 0 Å². The zero-order valence-electron chi connectivity index (χ0n) is 10.8. The van der Waals surface area contributed by atoms with Crippen molar-refractivity contribution in [1.29, 1.82) is 0 Å². The quantitative estimate of drug-likeness (QED) is 0.819. The molecule has 1 aromatic carbocycles. The summed E-state index contributed by atoms with van der Waals surface area (Å²) in [7, 11) is 0. The SMILES string of the molecule is O=C(COC(=O)[C@@H]1CCC(=O)N1)Nc1cc(Cl)ccc1F. The zero-order chi connectivity index (χ0) is 15.4. The second-order valence-corrected chi connectivity index (χ2v) is 4.88. The molecule has 6 nitrogen and oxygen atoms in total. The van der Waals surface area contributed by atoms with Crippen molar-refractivity contribution in [2.24, 2.45) is 0 Å². The van der Waals surface area contributed by atoms with Gasteiger partial charge in [0.05, 0.1) is 5.69 Å². The first-order valence-electron chi connectivity index (χ1n) is 6.16. The maximum atomic E-state index is 13.4. The molecule has 8 heteroatoms. The van der Waals surface area contributed by atoms with Crippen molar-refractivity contribution in [1.82, 2.24) is 5.32 Å². The Morgan fingerprint density at radius 1 is 1.48 bits per heavy atom. The molecule has 0 radical (unpaired) electrons. The lowest BCUT2D eigenvalue weighted by molar-refractivity contribution is -0.149. The summed E-state index contributed by atoms with van der Waals surface area (Å²) in [6.45, 7) is -0.572. The Hall–Kier alpha value is -2.15. The van der Waals surface area contributed by atoms with Gasteiger partial charge in [-0.1, -0.05) is 11.6 Å². The summed E-state index contributed by atoms with van der Waals surface area (Å²) < 4.78 is 18.1.